The van der Waals surface area contributed by atoms with E-state index in [1.165, 1.54) is 11.3 Å². The van der Waals surface area contributed by atoms with Crippen LogP contribution in [0.2, 0.25) is 5.02 Å². The van der Waals surface area contributed by atoms with Gasteiger partial charge in [0.2, 0.25) is 0 Å². The van der Waals surface area contributed by atoms with Crippen LogP contribution in [0.4, 0.5) is 0 Å². The van der Waals surface area contributed by atoms with Gasteiger partial charge in [0.25, 0.3) is 0 Å². The van der Waals surface area contributed by atoms with Gasteiger partial charge in [0.1, 0.15) is 11.8 Å². The number of hydrogen-bond donors (Lipinski definition) is 1. The summed E-state index contributed by atoms with van der Waals surface area (Å²) < 4.78 is 0. The molecule has 0 fully saturated rings. The molecule has 1 N–H and O–H groups in total. The van der Waals surface area contributed by atoms with Crippen LogP contribution in [0.15, 0.2) is 29.1 Å². The highest BCUT2D eigenvalue weighted by Gasteiger charge is 2.13. The lowest BCUT2D eigenvalue weighted by atomic mass is 10.1. The molecule has 0 atom stereocenters. The van der Waals surface area contributed by atoms with Crippen LogP contribution in [0.5, 0.6) is 0 Å². The van der Waals surface area contributed by atoms with Crippen molar-refractivity contribution in [2.45, 2.75) is 0 Å². The van der Waals surface area contributed by atoms with Crippen LogP contribution in [0.3, 0.4) is 0 Å². The summed E-state index contributed by atoms with van der Waals surface area (Å²) in [5.41, 5.74) is 4.90. The quantitative estimate of drug-likeness (QED) is 0.785. The van der Waals surface area contributed by atoms with Crippen molar-refractivity contribution < 1.29 is 0 Å². The van der Waals surface area contributed by atoms with E-state index in [4.69, 9.17) is 16.9 Å². The first-order valence-corrected chi connectivity index (χ1v) is 6.61. The molecule has 3 aromatic rings. The molecule has 0 saturated heterocycles. The van der Waals surface area contributed by atoms with Gasteiger partial charge in [-0.05, 0) is 12.1 Å². The number of rotatable bonds is 2. The number of aromatic nitrogens is 4. The topological polar surface area (TPSA) is 78.2 Å². The first-order chi connectivity index (χ1) is 9.29. The molecule has 0 aliphatic heterocycles. The van der Waals surface area contributed by atoms with E-state index < -0.39 is 0 Å². The second-order valence-corrected chi connectivity index (χ2v) is 4.83. The van der Waals surface area contributed by atoms with Crippen molar-refractivity contribution in [3.63, 3.8) is 0 Å². The molecular weight excluding hydrogens is 282 g/mol. The average molecular weight is 288 g/mol. The predicted octanol–water partition coefficient (Wildman–Crippen LogP) is 3.12. The van der Waals surface area contributed by atoms with Crippen LogP contribution in [0.1, 0.15) is 5.69 Å². The number of benzene rings is 1. The molecule has 0 bridgehead atoms. The highest BCUT2D eigenvalue weighted by Crippen LogP contribution is 2.32. The standard InChI is InChI=1S/C12H6ClN5S/c13-9-2-1-7(12-10(4-14)16-18-17-12)3-8(9)11-5-19-6-15-11/h1-3,5-6H,(H,16,17,18). The number of nitrogens with zero attached hydrogens (tertiary/aromatic N) is 4. The van der Waals surface area contributed by atoms with Gasteiger partial charge in [-0.15, -0.1) is 16.4 Å². The lowest BCUT2D eigenvalue weighted by molar-refractivity contribution is 0.937. The van der Waals surface area contributed by atoms with Crippen molar-refractivity contribution in [1.29, 1.82) is 5.26 Å². The van der Waals surface area contributed by atoms with Crippen molar-refractivity contribution in [3.05, 3.63) is 39.8 Å². The van der Waals surface area contributed by atoms with Crippen molar-refractivity contribution in [3.8, 4) is 28.6 Å². The molecule has 2 aromatic heterocycles. The van der Waals surface area contributed by atoms with Crippen LogP contribution >= 0.6 is 22.9 Å². The van der Waals surface area contributed by atoms with Gasteiger partial charge >= 0.3 is 0 Å². The smallest absolute Gasteiger partial charge is 0.190 e. The van der Waals surface area contributed by atoms with Crippen molar-refractivity contribution in [2.24, 2.45) is 0 Å². The van der Waals surface area contributed by atoms with Crippen molar-refractivity contribution in [2.75, 3.05) is 0 Å². The second kappa shape index (κ2) is 4.80. The van der Waals surface area contributed by atoms with Crippen LogP contribution in [0.25, 0.3) is 22.5 Å². The highest BCUT2D eigenvalue weighted by atomic mass is 35.5. The van der Waals surface area contributed by atoms with Crippen molar-refractivity contribution >= 4 is 22.9 Å². The van der Waals surface area contributed by atoms with Crippen LogP contribution in [-0.4, -0.2) is 20.4 Å². The fraction of sp³-hybridized carbons (Fsp3) is 0. The van der Waals surface area contributed by atoms with E-state index in [0.717, 1.165) is 16.8 Å². The monoisotopic (exact) mass is 287 g/mol. The minimum absolute atomic E-state index is 0.256. The number of H-pyrrole nitrogens is 1. The van der Waals surface area contributed by atoms with E-state index in [2.05, 4.69) is 20.4 Å². The normalized spacial score (nSPS) is 10.3. The molecule has 3 rings (SSSR count). The number of nitrogens with one attached hydrogen (secondary N) is 1. The first-order valence-electron chi connectivity index (χ1n) is 5.29. The van der Waals surface area contributed by atoms with E-state index in [1.807, 2.05) is 17.5 Å². The minimum atomic E-state index is 0.256. The average Bonchev–Trinajstić information content (AvgIpc) is 3.10. The lowest BCUT2D eigenvalue weighted by Crippen LogP contribution is -1.86. The second-order valence-electron chi connectivity index (χ2n) is 3.70. The summed E-state index contributed by atoms with van der Waals surface area (Å²) in [5.74, 6) is 0. The molecule has 0 saturated carbocycles. The van der Waals surface area contributed by atoms with Crippen LogP contribution < -0.4 is 0 Å². The third kappa shape index (κ3) is 2.10. The van der Waals surface area contributed by atoms with Gasteiger partial charge in [-0.3, -0.25) is 0 Å². The Morgan fingerprint density at radius 1 is 1.32 bits per heavy atom. The molecule has 92 valence electrons. The number of halogens is 1. The highest BCUT2D eigenvalue weighted by molar-refractivity contribution is 7.07. The molecule has 0 aliphatic carbocycles. The fourth-order valence-corrected chi connectivity index (χ4v) is 2.49. The Morgan fingerprint density at radius 2 is 2.21 bits per heavy atom. The molecule has 0 amide bonds. The Kier molecular flexibility index (Phi) is 2.99. The van der Waals surface area contributed by atoms with Gasteiger partial charge in [-0.1, -0.05) is 17.7 Å². The van der Waals surface area contributed by atoms with Crippen molar-refractivity contribution in [1.82, 2.24) is 20.4 Å². The summed E-state index contributed by atoms with van der Waals surface area (Å²) in [4.78, 5) is 4.24. The number of hydrogen-bond acceptors (Lipinski definition) is 5. The third-order valence-electron chi connectivity index (χ3n) is 2.60. The molecule has 2 heterocycles. The van der Waals surface area contributed by atoms with Crippen LogP contribution in [0, 0.1) is 11.3 Å². The predicted molar refractivity (Wildman–Crippen MR) is 72.7 cm³/mol. The zero-order chi connectivity index (χ0) is 13.2. The molecule has 0 radical (unpaired) electrons. The van der Waals surface area contributed by atoms with Gasteiger partial charge in [0, 0.05) is 16.5 Å². The Morgan fingerprint density at radius 3 is 2.95 bits per heavy atom. The summed E-state index contributed by atoms with van der Waals surface area (Å²) in [6.07, 6.45) is 0. The van der Waals surface area contributed by atoms with Gasteiger partial charge < -0.3 is 0 Å². The number of aromatic amines is 1. The zero-order valence-electron chi connectivity index (χ0n) is 9.46. The molecule has 7 heteroatoms. The molecule has 19 heavy (non-hydrogen) atoms. The Hall–Kier alpha value is -2.23. The Labute approximate surface area is 117 Å². The minimum Gasteiger partial charge on any atom is -0.245 e. The van der Waals surface area contributed by atoms with E-state index in [9.17, 15) is 0 Å². The summed E-state index contributed by atoms with van der Waals surface area (Å²) in [6.45, 7) is 0. The summed E-state index contributed by atoms with van der Waals surface area (Å²) in [6, 6.07) is 7.42. The SMILES string of the molecule is N#Cc1n[nH]nc1-c1ccc(Cl)c(-c2cscn2)c1. The Balaban J connectivity index is 2.16. The zero-order valence-corrected chi connectivity index (χ0v) is 11.0. The first kappa shape index (κ1) is 11.8. The molecule has 0 spiro atoms. The van der Waals surface area contributed by atoms with E-state index in [-0.39, 0.29) is 5.69 Å². The van der Waals surface area contributed by atoms with Crippen LogP contribution in [-0.2, 0) is 0 Å². The van der Waals surface area contributed by atoms with Gasteiger partial charge in [0.15, 0.2) is 5.69 Å². The summed E-state index contributed by atoms with van der Waals surface area (Å²) >= 11 is 7.68. The maximum Gasteiger partial charge on any atom is 0.190 e. The third-order valence-corrected chi connectivity index (χ3v) is 3.52. The summed E-state index contributed by atoms with van der Waals surface area (Å²) in [5, 5.41) is 21.7. The Bertz CT molecular complexity index is 757. The maximum atomic E-state index is 8.97. The van der Waals surface area contributed by atoms with E-state index in [1.54, 1.807) is 17.6 Å². The number of nitriles is 1. The summed E-state index contributed by atoms with van der Waals surface area (Å²) in [7, 11) is 0. The lowest BCUT2D eigenvalue weighted by Gasteiger charge is -2.03. The molecular formula is C12H6ClN5S. The van der Waals surface area contributed by atoms with E-state index in [0.29, 0.717) is 10.7 Å². The fourth-order valence-electron chi connectivity index (χ4n) is 1.72. The van der Waals surface area contributed by atoms with Gasteiger partial charge in [-0.25, -0.2) is 4.98 Å². The maximum absolute atomic E-state index is 8.97. The van der Waals surface area contributed by atoms with Gasteiger partial charge in [0.05, 0.1) is 16.2 Å². The molecule has 5 nitrogen and oxygen atoms in total. The van der Waals surface area contributed by atoms with E-state index >= 15 is 0 Å². The molecule has 1 aromatic carbocycles. The molecule has 0 unspecified atom stereocenters. The largest absolute Gasteiger partial charge is 0.245 e. The number of thiazole rings is 1. The van der Waals surface area contributed by atoms with Gasteiger partial charge in [-0.2, -0.15) is 15.6 Å². The molecule has 0 aliphatic rings.